The van der Waals surface area contributed by atoms with E-state index < -0.39 is 39.8 Å². The summed E-state index contributed by atoms with van der Waals surface area (Å²) in [7, 11) is -2.55. The van der Waals surface area contributed by atoms with Crippen molar-refractivity contribution in [3.63, 3.8) is 0 Å². The Morgan fingerprint density at radius 3 is 2.55 bits per heavy atom. The SMILES string of the molecule is COC(=O)CNC(=O)[C@H](C)NC(=O)[C@H]1CCCN(S(=O)(=O)c2ccc(Cl)cc2)C1. The lowest BCUT2D eigenvalue weighted by Crippen LogP contribution is -2.51. The molecule has 9 nitrogen and oxygen atoms in total. The third-order valence-corrected chi connectivity index (χ3v) is 6.72. The average molecular weight is 446 g/mol. The molecule has 0 saturated carbocycles. The molecule has 0 bridgehead atoms. The number of carbonyl (C=O) groups excluding carboxylic acids is 3. The van der Waals surface area contributed by atoms with E-state index in [-0.39, 0.29) is 18.0 Å². The maximum absolute atomic E-state index is 12.8. The van der Waals surface area contributed by atoms with Crippen molar-refractivity contribution in [2.75, 3.05) is 26.7 Å². The Labute approximate surface area is 174 Å². The van der Waals surface area contributed by atoms with Crippen LogP contribution in [-0.2, 0) is 29.1 Å². The number of nitrogens with zero attached hydrogens (tertiary/aromatic N) is 1. The van der Waals surface area contributed by atoms with Crippen LogP contribution in [0.3, 0.4) is 0 Å². The Morgan fingerprint density at radius 2 is 1.93 bits per heavy atom. The molecule has 0 aromatic heterocycles. The van der Waals surface area contributed by atoms with Crippen molar-refractivity contribution in [3.05, 3.63) is 29.3 Å². The first-order valence-electron chi connectivity index (χ1n) is 9.05. The normalized spacial score (nSPS) is 18.5. The van der Waals surface area contributed by atoms with Crippen molar-refractivity contribution in [1.82, 2.24) is 14.9 Å². The van der Waals surface area contributed by atoms with Gasteiger partial charge in [0, 0.05) is 18.1 Å². The molecular formula is C18H24ClN3O6S. The number of ether oxygens (including phenoxy) is 1. The van der Waals surface area contributed by atoms with Gasteiger partial charge in [-0.15, -0.1) is 0 Å². The second kappa shape index (κ2) is 10.0. The van der Waals surface area contributed by atoms with E-state index >= 15 is 0 Å². The van der Waals surface area contributed by atoms with Crippen LogP contribution in [0.15, 0.2) is 29.2 Å². The number of sulfonamides is 1. The van der Waals surface area contributed by atoms with Crippen molar-refractivity contribution >= 4 is 39.4 Å². The van der Waals surface area contributed by atoms with Crippen LogP contribution < -0.4 is 10.6 Å². The second-order valence-electron chi connectivity index (χ2n) is 6.68. The minimum atomic E-state index is -3.75. The van der Waals surface area contributed by atoms with Gasteiger partial charge in [-0.3, -0.25) is 14.4 Å². The van der Waals surface area contributed by atoms with E-state index in [1.807, 2.05) is 0 Å². The van der Waals surface area contributed by atoms with Gasteiger partial charge in [-0.25, -0.2) is 8.42 Å². The predicted molar refractivity (Wildman–Crippen MR) is 106 cm³/mol. The van der Waals surface area contributed by atoms with Gasteiger partial charge >= 0.3 is 5.97 Å². The van der Waals surface area contributed by atoms with Crippen LogP contribution in [0.5, 0.6) is 0 Å². The molecule has 0 aliphatic carbocycles. The largest absolute Gasteiger partial charge is 0.468 e. The van der Waals surface area contributed by atoms with Crippen molar-refractivity contribution in [2.45, 2.75) is 30.7 Å². The second-order valence-corrected chi connectivity index (χ2v) is 9.05. The van der Waals surface area contributed by atoms with Crippen LogP contribution in [0, 0.1) is 5.92 Å². The fourth-order valence-electron chi connectivity index (χ4n) is 2.91. The Morgan fingerprint density at radius 1 is 1.28 bits per heavy atom. The zero-order valence-corrected chi connectivity index (χ0v) is 17.8. The summed E-state index contributed by atoms with van der Waals surface area (Å²) in [6, 6.07) is 4.97. The number of carbonyl (C=O) groups is 3. The fraction of sp³-hybridized carbons (Fsp3) is 0.500. The molecule has 1 aromatic rings. The number of hydrogen-bond donors (Lipinski definition) is 2. The number of methoxy groups -OCH3 is 1. The van der Waals surface area contributed by atoms with Gasteiger partial charge in [0.25, 0.3) is 0 Å². The van der Waals surface area contributed by atoms with Gasteiger partial charge in [-0.2, -0.15) is 4.31 Å². The van der Waals surface area contributed by atoms with E-state index in [0.29, 0.717) is 24.4 Å². The summed E-state index contributed by atoms with van der Waals surface area (Å²) < 4.78 is 31.3. The lowest BCUT2D eigenvalue weighted by atomic mass is 9.98. The van der Waals surface area contributed by atoms with Crippen LogP contribution >= 0.6 is 11.6 Å². The van der Waals surface area contributed by atoms with Crippen molar-refractivity contribution in [1.29, 1.82) is 0 Å². The molecule has 160 valence electrons. The van der Waals surface area contributed by atoms with E-state index in [9.17, 15) is 22.8 Å². The molecule has 2 amide bonds. The van der Waals surface area contributed by atoms with E-state index in [1.165, 1.54) is 42.6 Å². The van der Waals surface area contributed by atoms with Crippen LogP contribution in [0.2, 0.25) is 5.02 Å². The number of benzene rings is 1. The van der Waals surface area contributed by atoms with Crippen molar-refractivity contribution in [3.8, 4) is 0 Å². The Hall–Kier alpha value is -2.17. The monoisotopic (exact) mass is 445 g/mol. The maximum Gasteiger partial charge on any atom is 0.325 e. The first kappa shape index (κ1) is 23.1. The van der Waals surface area contributed by atoms with Gasteiger partial charge in [0.2, 0.25) is 21.8 Å². The molecule has 2 rings (SSSR count). The molecule has 0 radical (unpaired) electrons. The molecule has 11 heteroatoms. The Kier molecular flexibility index (Phi) is 8.00. The van der Waals surface area contributed by atoms with E-state index in [1.54, 1.807) is 0 Å². The van der Waals surface area contributed by atoms with Crippen LogP contribution in [0.1, 0.15) is 19.8 Å². The molecule has 1 aromatic carbocycles. The molecule has 29 heavy (non-hydrogen) atoms. The van der Waals surface area contributed by atoms with E-state index in [0.717, 1.165) is 0 Å². The smallest absolute Gasteiger partial charge is 0.325 e. The topological polar surface area (TPSA) is 122 Å². The highest BCUT2D eigenvalue weighted by Gasteiger charge is 2.34. The van der Waals surface area contributed by atoms with Gasteiger partial charge in [0.05, 0.1) is 17.9 Å². The molecule has 1 aliphatic heterocycles. The predicted octanol–water partition coefficient (Wildman–Crippen LogP) is 0.535. The molecule has 1 aliphatic rings. The highest BCUT2D eigenvalue weighted by molar-refractivity contribution is 7.89. The average Bonchev–Trinajstić information content (AvgIpc) is 2.71. The highest BCUT2D eigenvalue weighted by atomic mass is 35.5. The molecule has 1 saturated heterocycles. The van der Waals surface area contributed by atoms with Crippen LogP contribution in [-0.4, -0.2) is 63.3 Å². The lowest BCUT2D eigenvalue weighted by Gasteiger charge is -2.31. The molecule has 1 heterocycles. The first-order chi connectivity index (χ1) is 13.6. The number of halogens is 1. The van der Waals surface area contributed by atoms with Gasteiger partial charge in [-0.1, -0.05) is 11.6 Å². The van der Waals surface area contributed by atoms with Crippen molar-refractivity contribution in [2.24, 2.45) is 5.92 Å². The summed E-state index contributed by atoms with van der Waals surface area (Å²) in [5.41, 5.74) is 0. The number of nitrogens with one attached hydrogen (secondary N) is 2. The number of hydrogen-bond acceptors (Lipinski definition) is 6. The summed E-state index contributed by atoms with van der Waals surface area (Å²) in [4.78, 5) is 35.7. The van der Waals surface area contributed by atoms with E-state index in [4.69, 9.17) is 11.6 Å². The fourth-order valence-corrected chi connectivity index (χ4v) is 4.56. The zero-order valence-electron chi connectivity index (χ0n) is 16.2. The summed E-state index contributed by atoms with van der Waals surface area (Å²) in [6.45, 7) is 1.51. The summed E-state index contributed by atoms with van der Waals surface area (Å²) in [6.07, 6.45) is 1.03. The molecule has 1 fully saturated rings. The minimum Gasteiger partial charge on any atom is -0.468 e. The first-order valence-corrected chi connectivity index (χ1v) is 10.9. The number of amides is 2. The van der Waals surface area contributed by atoms with Crippen molar-refractivity contribution < 1.29 is 27.5 Å². The Bertz CT molecular complexity index is 859. The van der Waals surface area contributed by atoms with Crippen LogP contribution in [0.25, 0.3) is 0 Å². The lowest BCUT2D eigenvalue weighted by molar-refractivity contribution is -0.141. The molecule has 2 N–H and O–H groups in total. The van der Waals surface area contributed by atoms with Gasteiger partial charge < -0.3 is 15.4 Å². The minimum absolute atomic E-state index is 0.0211. The molecule has 0 unspecified atom stereocenters. The molecule has 0 spiro atoms. The van der Waals surface area contributed by atoms with Gasteiger partial charge in [0.1, 0.15) is 12.6 Å². The third kappa shape index (κ3) is 6.15. The Balaban J connectivity index is 1.97. The standard InChI is InChI=1S/C18H24ClN3O6S/c1-12(17(24)20-10-16(23)28-2)21-18(25)13-4-3-9-22(11-13)29(26,27)15-7-5-14(19)6-8-15/h5-8,12-13H,3-4,9-11H2,1-2H3,(H,20,24)(H,21,25)/t12-,13-/m0/s1. The van der Waals surface area contributed by atoms with E-state index in [2.05, 4.69) is 15.4 Å². The molecule has 2 atom stereocenters. The quantitative estimate of drug-likeness (QED) is 0.590. The summed E-state index contributed by atoms with van der Waals surface area (Å²) in [5, 5.41) is 5.35. The maximum atomic E-state index is 12.8. The highest BCUT2D eigenvalue weighted by Crippen LogP contribution is 2.25. The summed E-state index contributed by atoms with van der Waals surface area (Å²) >= 11 is 5.81. The number of esters is 1. The van der Waals surface area contributed by atoms with Gasteiger partial charge in [-0.05, 0) is 44.0 Å². The van der Waals surface area contributed by atoms with Crippen LogP contribution in [0.4, 0.5) is 0 Å². The van der Waals surface area contributed by atoms with Gasteiger partial charge in [0.15, 0.2) is 0 Å². The number of piperidine rings is 1. The number of rotatable bonds is 7. The zero-order chi connectivity index (χ0) is 21.6. The third-order valence-electron chi connectivity index (χ3n) is 4.59. The summed E-state index contributed by atoms with van der Waals surface area (Å²) in [5.74, 6) is -2.14. The molecular weight excluding hydrogens is 422 g/mol.